The van der Waals surface area contributed by atoms with Gasteiger partial charge in [0.25, 0.3) is 0 Å². The molecule has 0 spiro atoms. The normalized spacial score (nSPS) is 10.7. The highest BCUT2D eigenvalue weighted by Gasteiger charge is 2.09. The number of halogens is 1. The Morgan fingerprint density at radius 2 is 2.05 bits per heavy atom. The lowest BCUT2D eigenvalue weighted by Gasteiger charge is -2.18. The van der Waals surface area contributed by atoms with Gasteiger partial charge in [0, 0.05) is 25.9 Å². The van der Waals surface area contributed by atoms with Crippen molar-refractivity contribution >= 4 is 17.5 Å². The second kappa shape index (κ2) is 8.85. The standard InChI is InChI=1S/C16H24ClNO2/c1-13(2)14-7-4-5-8-15(14)20-12-6-11-18(3)16(19)9-10-17/h4-5,7-8,13H,6,9-12H2,1-3H3. The second-order valence-corrected chi connectivity index (χ2v) is 5.53. The first-order valence-corrected chi connectivity index (χ1v) is 7.61. The number of benzene rings is 1. The van der Waals surface area contributed by atoms with Crippen LogP contribution in [-0.4, -0.2) is 36.9 Å². The van der Waals surface area contributed by atoms with E-state index in [1.54, 1.807) is 11.9 Å². The molecule has 4 heteroatoms. The number of rotatable bonds is 8. The number of hydrogen-bond donors (Lipinski definition) is 0. The Kier molecular flexibility index (Phi) is 7.45. The van der Waals surface area contributed by atoms with E-state index in [-0.39, 0.29) is 5.91 Å². The summed E-state index contributed by atoms with van der Waals surface area (Å²) in [5, 5.41) is 0. The first kappa shape index (κ1) is 16.8. The molecular weight excluding hydrogens is 274 g/mol. The van der Waals surface area contributed by atoms with E-state index >= 15 is 0 Å². The van der Waals surface area contributed by atoms with Crippen LogP contribution in [0.5, 0.6) is 5.75 Å². The second-order valence-electron chi connectivity index (χ2n) is 5.15. The van der Waals surface area contributed by atoms with E-state index in [0.717, 1.165) is 12.2 Å². The molecule has 0 aromatic heterocycles. The lowest BCUT2D eigenvalue weighted by Crippen LogP contribution is -2.28. The Labute approximate surface area is 126 Å². The molecule has 20 heavy (non-hydrogen) atoms. The Balaban J connectivity index is 2.36. The van der Waals surface area contributed by atoms with E-state index in [1.807, 2.05) is 18.2 Å². The predicted octanol–water partition coefficient (Wildman–Crippen LogP) is 3.67. The van der Waals surface area contributed by atoms with Gasteiger partial charge in [-0.1, -0.05) is 32.0 Å². The summed E-state index contributed by atoms with van der Waals surface area (Å²) < 4.78 is 5.82. The minimum absolute atomic E-state index is 0.0857. The zero-order chi connectivity index (χ0) is 15.0. The van der Waals surface area contributed by atoms with Gasteiger partial charge in [0.1, 0.15) is 5.75 Å². The molecular formula is C16H24ClNO2. The minimum Gasteiger partial charge on any atom is -0.493 e. The van der Waals surface area contributed by atoms with Gasteiger partial charge in [-0.3, -0.25) is 4.79 Å². The van der Waals surface area contributed by atoms with Crippen molar-refractivity contribution in [2.75, 3.05) is 26.1 Å². The average molecular weight is 298 g/mol. The fraction of sp³-hybridized carbons (Fsp3) is 0.562. The third-order valence-corrected chi connectivity index (χ3v) is 3.36. The minimum atomic E-state index is 0.0857. The number of alkyl halides is 1. The van der Waals surface area contributed by atoms with Crippen molar-refractivity contribution in [3.8, 4) is 5.75 Å². The third-order valence-electron chi connectivity index (χ3n) is 3.17. The van der Waals surface area contributed by atoms with E-state index in [2.05, 4.69) is 19.9 Å². The van der Waals surface area contributed by atoms with Crippen molar-refractivity contribution in [2.24, 2.45) is 0 Å². The first-order chi connectivity index (χ1) is 9.56. The van der Waals surface area contributed by atoms with Crippen molar-refractivity contribution in [3.63, 3.8) is 0 Å². The molecule has 0 atom stereocenters. The summed E-state index contributed by atoms with van der Waals surface area (Å²) in [6.07, 6.45) is 1.21. The number of carbonyl (C=O) groups is 1. The monoisotopic (exact) mass is 297 g/mol. The SMILES string of the molecule is CC(C)c1ccccc1OCCCN(C)C(=O)CCCl. The van der Waals surface area contributed by atoms with Gasteiger partial charge in [-0.05, 0) is 24.0 Å². The van der Waals surface area contributed by atoms with Crippen LogP contribution >= 0.6 is 11.6 Å². The van der Waals surface area contributed by atoms with Crippen molar-refractivity contribution in [1.82, 2.24) is 4.90 Å². The lowest BCUT2D eigenvalue weighted by molar-refractivity contribution is -0.129. The number of hydrogen-bond acceptors (Lipinski definition) is 2. The van der Waals surface area contributed by atoms with Crippen LogP contribution in [0.3, 0.4) is 0 Å². The zero-order valence-electron chi connectivity index (χ0n) is 12.6. The molecule has 1 amide bonds. The largest absolute Gasteiger partial charge is 0.493 e. The molecule has 0 aliphatic heterocycles. The summed E-state index contributed by atoms with van der Waals surface area (Å²) >= 11 is 5.56. The van der Waals surface area contributed by atoms with Gasteiger partial charge >= 0.3 is 0 Å². The molecule has 1 rings (SSSR count). The molecule has 1 aromatic carbocycles. The number of amides is 1. The van der Waals surface area contributed by atoms with Crippen LogP contribution in [0.4, 0.5) is 0 Å². The topological polar surface area (TPSA) is 29.5 Å². The van der Waals surface area contributed by atoms with Crippen LogP contribution in [0.25, 0.3) is 0 Å². The van der Waals surface area contributed by atoms with Crippen molar-refractivity contribution in [3.05, 3.63) is 29.8 Å². The molecule has 0 heterocycles. The van der Waals surface area contributed by atoms with Gasteiger partial charge in [0.15, 0.2) is 0 Å². The number of ether oxygens (including phenoxy) is 1. The molecule has 0 unspecified atom stereocenters. The first-order valence-electron chi connectivity index (χ1n) is 7.08. The highest BCUT2D eigenvalue weighted by molar-refractivity contribution is 6.18. The Morgan fingerprint density at radius 3 is 2.70 bits per heavy atom. The van der Waals surface area contributed by atoms with E-state index in [4.69, 9.17) is 16.3 Å². The smallest absolute Gasteiger partial charge is 0.223 e. The summed E-state index contributed by atoms with van der Waals surface area (Å²) in [7, 11) is 1.80. The lowest BCUT2D eigenvalue weighted by atomic mass is 10.0. The van der Waals surface area contributed by atoms with E-state index in [0.29, 0.717) is 31.4 Å². The summed E-state index contributed by atoms with van der Waals surface area (Å²) in [4.78, 5) is 13.3. The maximum atomic E-state index is 11.6. The number of para-hydroxylation sites is 1. The van der Waals surface area contributed by atoms with Crippen LogP contribution in [0.15, 0.2) is 24.3 Å². The quantitative estimate of drug-likeness (QED) is 0.541. The Bertz CT molecular complexity index is 421. The van der Waals surface area contributed by atoms with Crippen LogP contribution in [-0.2, 0) is 4.79 Å². The highest BCUT2D eigenvalue weighted by Crippen LogP contribution is 2.25. The molecule has 0 saturated heterocycles. The third kappa shape index (κ3) is 5.41. The van der Waals surface area contributed by atoms with Crippen molar-refractivity contribution in [1.29, 1.82) is 0 Å². The Morgan fingerprint density at radius 1 is 1.35 bits per heavy atom. The van der Waals surface area contributed by atoms with Crippen molar-refractivity contribution in [2.45, 2.75) is 32.6 Å². The highest BCUT2D eigenvalue weighted by atomic mass is 35.5. The molecule has 0 bridgehead atoms. The molecule has 0 radical (unpaired) electrons. The maximum absolute atomic E-state index is 11.6. The zero-order valence-corrected chi connectivity index (χ0v) is 13.3. The van der Waals surface area contributed by atoms with Gasteiger partial charge in [-0.25, -0.2) is 0 Å². The molecule has 1 aromatic rings. The van der Waals surface area contributed by atoms with E-state index < -0.39 is 0 Å². The summed E-state index contributed by atoms with van der Waals surface area (Å²) in [6.45, 7) is 5.61. The van der Waals surface area contributed by atoms with Crippen LogP contribution in [0.1, 0.15) is 38.2 Å². The fourth-order valence-electron chi connectivity index (χ4n) is 1.97. The molecule has 0 saturated carbocycles. The van der Waals surface area contributed by atoms with Gasteiger partial charge in [0.2, 0.25) is 5.91 Å². The van der Waals surface area contributed by atoms with Gasteiger partial charge in [0.05, 0.1) is 6.61 Å². The molecule has 3 nitrogen and oxygen atoms in total. The number of carbonyl (C=O) groups excluding carboxylic acids is 1. The fourth-order valence-corrected chi connectivity index (χ4v) is 2.13. The molecule has 112 valence electrons. The van der Waals surface area contributed by atoms with Crippen LogP contribution in [0.2, 0.25) is 0 Å². The molecule has 0 fully saturated rings. The van der Waals surface area contributed by atoms with E-state index in [1.165, 1.54) is 5.56 Å². The van der Waals surface area contributed by atoms with Crippen LogP contribution in [0, 0.1) is 0 Å². The Hall–Kier alpha value is -1.22. The molecule has 0 aliphatic rings. The molecule has 0 N–H and O–H groups in total. The average Bonchev–Trinajstić information content (AvgIpc) is 2.43. The van der Waals surface area contributed by atoms with Crippen molar-refractivity contribution < 1.29 is 9.53 Å². The molecule has 0 aliphatic carbocycles. The number of nitrogens with zero attached hydrogens (tertiary/aromatic N) is 1. The van der Waals surface area contributed by atoms with Gasteiger partial charge in [-0.15, -0.1) is 11.6 Å². The summed E-state index contributed by atoms with van der Waals surface area (Å²) in [5.41, 5.74) is 1.22. The maximum Gasteiger partial charge on any atom is 0.223 e. The summed E-state index contributed by atoms with van der Waals surface area (Å²) in [5.74, 6) is 1.85. The van der Waals surface area contributed by atoms with Crippen LogP contribution < -0.4 is 4.74 Å². The van der Waals surface area contributed by atoms with Gasteiger partial charge < -0.3 is 9.64 Å². The van der Waals surface area contributed by atoms with Gasteiger partial charge in [-0.2, -0.15) is 0 Å². The summed E-state index contributed by atoms with van der Waals surface area (Å²) in [6, 6.07) is 8.10. The van der Waals surface area contributed by atoms with E-state index in [9.17, 15) is 4.79 Å². The predicted molar refractivity (Wildman–Crippen MR) is 83.6 cm³/mol.